The molecular formula is C32H32F3IN2O3. The summed E-state index contributed by atoms with van der Waals surface area (Å²) in [6, 6.07) is 20.4. The van der Waals surface area contributed by atoms with Crippen LogP contribution in [0.4, 0.5) is 13.2 Å². The van der Waals surface area contributed by atoms with E-state index in [4.69, 9.17) is 0 Å². The van der Waals surface area contributed by atoms with Gasteiger partial charge in [0.25, 0.3) is 5.91 Å². The topological polar surface area (TPSA) is 69.6 Å². The second-order valence-electron chi connectivity index (χ2n) is 10.9. The number of rotatable bonds is 7. The summed E-state index contributed by atoms with van der Waals surface area (Å²) in [6.45, 7) is -1.66. The summed E-state index contributed by atoms with van der Waals surface area (Å²) in [5.74, 6) is -0.989. The van der Waals surface area contributed by atoms with Gasteiger partial charge in [0.15, 0.2) is 0 Å². The molecule has 5 nitrogen and oxygen atoms in total. The van der Waals surface area contributed by atoms with Gasteiger partial charge < -0.3 is 15.3 Å². The third-order valence-electron chi connectivity index (χ3n) is 8.35. The van der Waals surface area contributed by atoms with Crippen LogP contribution in [-0.4, -0.2) is 40.6 Å². The Morgan fingerprint density at radius 1 is 0.976 bits per heavy atom. The molecule has 1 aliphatic heterocycles. The Morgan fingerprint density at radius 2 is 1.63 bits per heavy atom. The molecule has 1 heterocycles. The molecule has 0 unspecified atom stereocenters. The minimum atomic E-state index is -4.61. The molecule has 5 rings (SSSR count). The minimum absolute atomic E-state index is 0.0930. The summed E-state index contributed by atoms with van der Waals surface area (Å²) >= 11 is 2.18. The second kappa shape index (κ2) is 12.1. The Hall–Kier alpha value is -2.92. The zero-order chi connectivity index (χ0) is 29.2. The van der Waals surface area contributed by atoms with E-state index in [-0.39, 0.29) is 25.0 Å². The molecule has 0 bridgehead atoms. The normalized spacial score (nSPS) is 21.4. The largest absolute Gasteiger partial charge is 0.405 e. The average Bonchev–Trinajstić information content (AvgIpc) is 2.98. The third kappa shape index (κ3) is 5.88. The fraction of sp³-hybridized carbons (Fsp3) is 0.375. The van der Waals surface area contributed by atoms with Crippen LogP contribution in [0.5, 0.6) is 0 Å². The van der Waals surface area contributed by atoms with Gasteiger partial charge in [-0.2, -0.15) is 13.2 Å². The van der Waals surface area contributed by atoms with Crippen molar-refractivity contribution in [1.29, 1.82) is 0 Å². The number of hydrogen-bond donors (Lipinski definition) is 2. The van der Waals surface area contributed by atoms with Crippen molar-refractivity contribution < 1.29 is 27.9 Å². The van der Waals surface area contributed by atoms with E-state index in [1.54, 1.807) is 53.4 Å². The van der Waals surface area contributed by atoms with Crippen LogP contribution in [-0.2, 0) is 23.2 Å². The van der Waals surface area contributed by atoms with Gasteiger partial charge in [0, 0.05) is 15.2 Å². The highest BCUT2D eigenvalue weighted by Gasteiger charge is 2.57. The van der Waals surface area contributed by atoms with Gasteiger partial charge in [0.2, 0.25) is 5.91 Å². The number of amides is 2. The number of aliphatic hydroxyl groups is 1. The van der Waals surface area contributed by atoms with Gasteiger partial charge in [-0.1, -0.05) is 79.9 Å². The monoisotopic (exact) mass is 676 g/mol. The van der Waals surface area contributed by atoms with Crippen molar-refractivity contribution in [3.05, 3.63) is 104 Å². The first-order valence-corrected chi connectivity index (χ1v) is 14.9. The zero-order valence-corrected chi connectivity index (χ0v) is 24.6. The molecule has 2 aliphatic rings. The molecule has 0 saturated heterocycles. The second-order valence-corrected chi connectivity index (χ2v) is 12.1. The van der Waals surface area contributed by atoms with Gasteiger partial charge in [-0.05, 0) is 76.2 Å². The minimum Gasteiger partial charge on any atom is -0.392 e. The van der Waals surface area contributed by atoms with Crippen LogP contribution in [0, 0.1) is 3.57 Å². The van der Waals surface area contributed by atoms with Crippen LogP contribution in [0.2, 0.25) is 0 Å². The number of alkyl halides is 3. The molecule has 0 spiro atoms. The van der Waals surface area contributed by atoms with Crippen molar-refractivity contribution in [3.63, 3.8) is 0 Å². The van der Waals surface area contributed by atoms with Gasteiger partial charge >= 0.3 is 6.18 Å². The lowest BCUT2D eigenvalue weighted by Crippen LogP contribution is -2.62. The van der Waals surface area contributed by atoms with Crippen molar-refractivity contribution in [1.82, 2.24) is 10.2 Å². The van der Waals surface area contributed by atoms with Gasteiger partial charge in [-0.3, -0.25) is 9.59 Å². The number of carbonyl (C=O) groups is 2. The maximum absolute atomic E-state index is 14.5. The van der Waals surface area contributed by atoms with Crippen molar-refractivity contribution >= 4 is 34.4 Å². The van der Waals surface area contributed by atoms with Gasteiger partial charge in [0.1, 0.15) is 12.0 Å². The zero-order valence-electron chi connectivity index (χ0n) is 22.5. The third-order valence-corrected chi connectivity index (χ3v) is 9.40. The number of halogens is 4. The molecule has 0 radical (unpaired) electrons. The number of benzene rings is 3. The van der Waals surface area contributed by atoms with Gasteiger partial charge in [-0.15, -0.1) is 0 Å². The molecule has 1 fully saturated rings. The van der Waals surface area contributed by atoms with Crippen LogP contribution in [0.1, 0.15) is 70.8 Å². The van der Waals surface area contributed by atoms with Crippen molar-refractivity contribution in [2.75, 3.05) is 6.54 Å². The van der Waals surface area contributed by atoms with Gasteiger partial charge in [-0.25, -0.2) is 0 Å². The van der Waals surface area contributed by atoms with Crippen LogP contribution < -0.4 is 5.32 Å². The molecule has 2 N–H and O–H groups in total. The summed E-state index contributed by atoms with van der Waals surface area (Å²) in [6.07, 6.45) is -0.111. The summed E-state index contributed by atoms with van der Waals surface area (Å²) < 4.78 is 41.4. The molecule has 9 heteroatoms. The molecule has 3 aromatic carbocycles. The van der Waals surface area contributed by atoms with Gasteiger partial charge in [0.05, 0.1) is 12.6 Å². The van der Waals surface area contributed by atoms with Crippen LogP contribution in [0.15, 0.2) is 72.8 Å². The first-order chi connectivity index (χ1) is 19.7. The highest BCUT2D eigenvalue weighted by molar-refractivity contribution is 14.1. The molecule has 41 heavy (non-hydrogen) atoms. The molecule has 2 amide bonds. The lowest BCUT2D eigenvalue weighted by molar-refractivity contribution is -0.144. The lowest BCUT2D eigenvalue weighted by atomic mass is 9.62. The van der Waals surface area contributed by atoms with E-state index in [2.05, 4.69) is 27.9 Å². The molecule has 2 atom stereocenters. The standard InChI is InChI=1S/C32H32F3IN2O3/c33-32(34,35)20-37-30(41)31(18-23-8-4-7-13-27(23)36)26-12-6-5-11-25(26)29(40)38(24-9-2-1-3-10-24)28(31)22-16-14-21(19-39)15-17-22/h4-8,11-17,24,28,39H,1-3,9-10,18-20H2,(H,37,41)/t28-,31-/m0/s1. The highest BCUT2D eigenvalue weighted by Crippen LogP contribution is 2.52. The predicted octanol–water partition coefficient (Wildman–Crippen LogP) is 6.47. The summed E-state index contributed by atoms with van der Waals surface area (Å²) in [5, 5.41) is 11.9. The number of aliphatic hydroxyl groups excluding tert-OH is 1. The maximum Gasteiger partial charge on any atom is 0.405 e. The molecule has 1 aliphatic carbocycles. The Labute approximate surface area is 251 Å². The quantitative estimate of drug-likeness (QED) is 0.282. The van der Waals surface area contributed by atoms with E-state index in [0.717, 1.165) is 41.2 Å². The van der Waals surface area contributed by atoms with Crippen molar-refractivity contribution in [2.45, 2.75) is 68.8 Å². The molecule has 1 saturated carbocycles. The fourth-order valence-corrected chi connectivity index (χ4v) is 7.06. The molecule has 0 aromatic heterocycles. The Bertz CT molecular complexity index is 1410. The van der Waals surface area contributed by atoms with E-state index in [1.807, 2.05) is 24.3 Å². The van der Waals surface area contributed by atoms with E-state index in [1.165, 1.54) is 0 Å². The van der Waals surface area contributed by atoms with E-state index >= 15 is 0 Å². The number of hydrogen-bond acceptors (Lipinski definition) is 3. The number of carbonyl (C=O) groups excluding carboxylic acids is 2. The summed E-state index contributed by atoms with van der Waals surface area (Å²) in [4.78, 5) is 30.6. The molecule has 216 valence electrons. The van der Waals surface area contributed by atoms with Crippen LogP contribution in [0.25, 0.3) is 0 Å². The number of nitrogens with one attached hydrogen (secondary N) is 1. The van der Waals surface area contributed by atoms with Crippen molar-refractivity contribution in [3.8, 4) is 0 Å². The summed E-state index contributed by atoms with van der Waals surface area (Å²) in [5.41, 5.74) is 1.31. The lowest BCUT2D eigenvalue weighted by Gasteiger charge is -2.53. The van der Waals surface area contributed by atoms with Crippen LogP contribution >= 0.6 is 22.6 Å². The van der Waals surface area contributed by atoms with E-state index in [9.17, 15) is 27.9 Å². The van der Waals surface area contributed by atoms with E-state index in [0.29, 0.717) is 22.3 Å². The SMILES string of the molecule is O=C1c2ccccc2[C@](Cc2ccccc2I)(C(=O)NCC(F)(F)F)[C@H](c2ccc(CO)cc2)N1C1CCCCC1. The Kier molecular flexibility index (Phi) is 8.75. The van der Waals surface area contributed by atoms with Crippen molar-refractivity contribution in [2.24, 2.45) is 0 Å². The molecule has 3 aromatic rings. The van der Waals surface area contributed by atoms with Crippen LogP contribution in [0.3, 0.4) is 0 Å². The maximum atomic E-state index is 14.5. The number of fused-ring (bicyclic) bond motifs is 1. The first-order valence-electron chi connectivity index (χ1n) is 13.9. The first kappa shape index (κ1) is 29.6. The number of nitrogens with zero attached hydrogens (tertiary/aromatic N) is 1. The van der Waals surface area contributed by atoms with E-state index < -0.39 is 30.1 Å². The Balaban J connectivity index is 1.81. The molecular weight excluding hydrogens is 644 g/mol. The predicted molar refractivity (Wildman–Crippen MR) is 158 cm³/mol. The highest BCUT2D eigenvalue weighted by atomic mass is 127. The Morgan fingerprint density at radius 3 is 2.29 bits per heavy atom. The fourth-order valence-electron chi connectivity index (χ4n) is 6.49. The summed E-state index contributed by atoms with van der Waals surface area (Å²) in [7, 11) is 0. The smallest absolute Gasteiger partial charge is 0.392 e. The average molecular weight is 677 g/mol.